The molecule has 0 aliphatic heterocycles. The number of phenolic OH excluding ortho intramolecular Hbond substituents is 1. The first-order chi connectivity index (χ1) is 11.6. The summed E-state index contributed by atoms with van der Waals surface area (Å²) in [6.45, 7) is 5.97. The van der Waals surface area contributed by atoms with Gasteiger partial charge in [-0.25, -0.2) is 4.79 Å². The van der Waals surface area contributed by atoms with Gasteiger partial charge in [0.2, 0.25) is 0 Å². The minimum atomic E-state index is -1.07. The van der Waals surface area contributed by atoms with Crippen molar-refractivity contribution in [2.75, 3.05) is 0 Å². The Morgan fingerprint density at radius 2 is 1.48 bits per heavy atom. The van der Waals surface area contributed by atoms with E-state index in [-0.39, 0.29) is 28.1 Å². The Hall–Kier alpha value is -3.08. The van der Waals surface area contributed by atoms with Gasteiger partial charge >= 0.3 is 5.97 Å². The summed E-state index contributed by atoms with van der Waals surface area (Å²) in [5, 5.41) is 28.9. The van der Waals surface area contributed by atoms with Crippen molar-refractivity contribution >= 4 is 17.5 Å². The summed E-state index contributed by atoms with van der Waals surface area (Å²) in [4.78, 5) is 23.2. The molecule has 3 N–H and O–H groups in total. The van der Waals surface area contributed by atoms with Crippen molar-refractivity contribution < 1.29 is 24.9 Å². The lowest BCUT2D eigenvalue weighted by atomic mass is 9.85. The van der Waals surface area contributed by atoms with E-state index in [9.17, 15) is 19.8 Å². The van der Waals surface area contributed by atoms with Crippen LogP contribution in [0.1, 0.15) is 52.6 Å². The molecule has 0 aliphatic carbocycles. The molecular formula is C20H20O5. The molecule has 25 heavy (non-hydrogen) atoms. The first-order valence-electron chi connectivity index (χ1n) is 7.72. The summed E-state index contributed by atoms with van der Waals surface area (Å²) in [5.74, 6) is -2.08. The van der Waals surface area contributed by atoms with Gasteiger partial charge in [0.1, 0.15) is 11.5 Å². The van der Waals surface area contributed by atoms with Crippen LogP contribution in [0.15, 0.2) is 48.5 Å². The molecule has 2 rings (SSSR count). The second-order valence-corrected chi connectivity index (χ2v) is 6.76. The van der Waals surface area contributed by atoms with Crippen LogP contribution in [0.5, 0.6) is 5.75 Å². The smallest absolute Gasteiger partial charge is 0.335 e. The van der Waals surface area contributed by atoms with E-state index in [1.54, 1.807) is 12.1 Å². The fourth-order valence-corrected chi connectivity index (χ4v) is 2.27. The summed E-state index contributed by atoms with van der Waals surface area (Å²) < 4.78 is 0. The van der Waals surface area contributed by atoms with E-state index in [1.165, 1.54) is 30.3 Å². The zero-order valence-electron chi connectivity index (χ0n) is 14.3. The number of hydrogen-bond donors (Lipinski definition) is 3. The van der Waals surface area contributed by atoms with Crippen LogP contribution >= 0.6 is 0 Å². The Balaban J connectivity index is 2.34. The summed E-state index contributed by atoms with van der Waals surface area (Å²) in [6.07, 6.45) is 1.01. The number of ketones is 1. The predicted octanol–water partition coefficient (Wildman–Crippen LogP) is 4.17. The molecule has 0 saturated heterocycles. The summed E-state index contributed by atoms with van der Waals surface area (Å²) in [7, 11) is 0. The first kappa shape index (κ1) is 18.3. The number of rotatable bonds is 4. The van der Waals surface area contributed by atoms with Crippen molar-refractivity contribution in [3.05, 3.63) is 70.8 Å². The Bertz CT molecular complexity index is 839. The van der Waals surface area contributed by atoms with Gasteiger partial charge < -0.3 is 15.3 Å². The zero-order valence-corrected chi connectivity index (χ0v) is 14.3. The van der Waals surface area contributed by atoms with Crippen LogP contribution in [0.25, 0.3) is 5.76 Å². The van der Waals surface area contributed by atoms with Gasteiger partial charge in [-0.2, -0.15) is 0 Å². The topological polar surface area (TPSA) is 94.8 Å². The van der Waals surface area contributed by atoms with Gasteiger partial charge in [0.25, 0.3) is 0 Å². The summed E-state index contributed by atoms with van der Waals surface area (Å²) >= 11 is 0. The van der Waals surface area contributed by atoms with Crippen LogP contribution in [0.2, 0.25) is 0 Å². The molecule has 0 amide bonds. The molecule has 2 aromatic carbocycles. The fourth-order valence-electron chi connectivity index (χ4n) is 2.27. The number of carboxylic acids is 1. The molecule has 0 heterocycles. The number of aromatic carboxylic acids is 1. The average Bonchev–Trinajstić information content (AvgIpc) is 2.54. The molecule has 0 saturated carbocycles. The number of aromatic hydroxyl groups is 1. The number of hydrogen-bond acceptors (Lipinski definition) is 4. The highest BCUT2D eigenvalue weighted by atomic mass is 16.4. The standard InChI is InChI=1S/C20H20O5/c1-20(2,3)14-8-9-16(21)15(10-14)18(23)11-17(22)12-4-6-13(7-5-12)19(24)25/h4-11,21-22H,1-3H3,(H,24,25)/b17-11+. The second-order valence-electron chi connectivity index (χ2n) is 6.76. The third-order valence-electron chi connectivity index (χ3n) is 3.82. The molecule has 0 spiro atoms. The van der Waals surface area contributed by atoms with E-state index in [0.29, 0.717) is 5.56 Å². The van der Waals surface area contributed by atoms with Gasteiger partial charge in [-0.05, 0) is 35.2 Å². The van der Waals surface area contributed by atoms with Gasteiger partial charge in [-0.1, -0.05) is 39.0 Å². The van der Waals surface area contributed by atoms with E-state index in [4.69, 9.17) is 5.11 Å². The number of aliphatic hydroxyl groups is 1. The number of benzene rings is 2. The Morgan fingerprint density at radius 1 is 0.920 bits per heavy atom. The largest absolute Gasteiger partial charge is 0.507 e. The van der Waals surface area contributed by atoms with E-state index in [0.717, 1.165) is 11.6 Å². The highest BCUT2D eigenvalue weighted by Gasteiger charge is 2.18. The van der Waals surface area contributed by atoms with E-state index in [2.05, 4.69) is 0 Å². The minimum absolute atomic E-state index is 0.0819. The van der Waals surface area contributed by atoms with Crippen molar-refractivity contribution in [2.24, 2.45) is 0 Å². The van der Waals surface area contributed by atoms with Gasteiger partial charge in [-0.3, -0.25) is 4.79 Å². The fraction of sp³-hybridized carbons (Fsp3) is 0.200. The molecule has 5 heteroatoms. The van der Waals surface area contributed by atoms with Crippen LogP contribution in [0, 0.1) is 0 Å². The van der Waals surface area contributed by atoms with Crippen LogP contribution in [0.3, 0.4) is 0 Å². The third kappa shape index (κ3) is 4.26. The maximum Gasteiger partial charge on any atom is 0.335 e. The van der Waals surface area contributed by atoms with Crippen molar-refractivity contribution in [3.8, 4) is 5.75 Å². The lowest BCUT2D eigenvalue weighted by molar-refractivity contribution is 0.0696. The molecule has 0 unspecified atom stereocenters. The molecule has 2 aromatic rings. The van der Waals surface area contributed by atoms with Crippen molar-refractivity contribution in [3.63, 3.8) is 0 Å². The van der Waals surface area contributed by atoms with E-state index < -0.39 is 11.8 Å². The van der Waals surface area contributed by atoms with Crippen LogP contribution in [-0.4, -0.2) is 27.1 Å². The highest BCUT2D eigenvalue weighted by Crippen LogP contribution is 2.28. The minimum Gasteiger partial charge on any atom is -0.507 e. The zero-order chi connectivity index (χ0) is 18.8. The van der Waals surface area contributed by atoms with Gasteiger partial charge in [0, 0.05) is 11.6 Å². The van der Waals surface area contributed by atoms with E-state index in [1.807, 2.05) is 20.8 Å². The van der Waals surface area contributed by atoms with Crippen molar-refractivity contribution in [2.45, 2.75) is 26.2 Å². The monoisotopic (exact) mass is 340 g/mol. The Morgan fingerprint density at radius 3 is 2.00 bits per heavy atom. The Labute approximate surface area is 145 Å². The number of allylic oxidation sites excluding steroid dienone is 1. The second kappa shape index (κ2) is 6.81. The first-order valence-corrected chi connectivity index (χ1v) is 7.72. The lowest BCUT2D eigenvalue weighted by Gasteiger charge is -2.19. The molecule has 0 bridgehead atoms. The highest BCUT2D eigenvalue weighted by molar-refractivity contribution is 6.09. The van der Waals surface area contributed by atoms with Gasteiger partial charge in [-0.15, -0.1) is 0 Å². The maximum atomic E-state index is 12.4. The third-order valence-corrected chi connectivity index (χ3v) is 3.82. The van der Waals surface area contributed by atoms with Crippen LogP contribution < -0.4 is 0 Å². The molecule has 0 atom stereocenters. The van der Waals surface area contributed by atoms with Crippen LogP contribution in [-0.2, 0) is 5.41 Å². The molecule has 0 fully saturated rings. The SMILES string of the molecule is CC(C)(C)c1ccc(O)c(C(=O)/C=C(/O)c2ccc(C(=O)O)cc2)c1. The summed E-state index contributed by atoms with van der Waals surface area (Å²) in [5.41, 5.74) is 1.18. The number of carboxylic acid groups (broad SMARTS) is 1. The van der Waals surface area contributed by atoms with Crippen molar-refractivity contribution in [1.29, 1.82) is 0 Å². The normalized spacial score (nSPS) is 12.0. The lowest BCUT2D eigenvalue weighted by Crippen LogP contribution is -2.12. The number of aliphatic hydroxyl groups excluding tert-OH is 1. The average molecular weight is 340 g/mol. The van der Waals surface area contributed by atoms with Crippen molar-refractivity contribution in [1.82, 2.24) is 0 Å². The molecule has 130 valence electrons. The molecule has 0 radical (unpaired) electrons. The number of carbonyl (C=O) groups excluding carboxylic acids is 1. The molecular weight excluding hydrogens is 320 g/mol. The Kier molecular flexibility index (Phi) is 4.97. The predicted molar refractivity (Wildman–Crippen MR) is 95.1 cm³/mol. The maximum absolute atomic E-state index is 12.4. The number of carbonyl (C=O) groups is 2. The van der Waals surface area contributed by atoms with E-state index >= 15 is 0 Å². The molecule has 0 aromatic heterocycles. The molecule has 0 aliphatic rings. The number of phenols is 1. The van der Waals surface area contributed by atoms with Crippen LogP contribution in [0.4, 0.5) is 0 Å². The van der Waals surface area contributed by atoms with Gasteiger partial charge in [0.15, 0.2) is 5.78 Å². The van der Waals surface area contributed by atoms with Gasteiger partial charge in [0.05, 0.1) is 11.1 Å². The quantitative estimate of drug-likeness (QED) is 0.441. The molecule has 5 nitrogen and oxygen atoms in total. The summed E-state index contributed by atoms with van der Waals surface area (Å²) in [6, 6.07) is 10.3.